The van der Waals surface area contributed by atoms with E-state index in [0.717, 1.165) is 21.9 Å². The minimum Gasteiger partial charge on any atom is -0.456 e. The highest BCUT2D eigenvalue weighted by Crippen LogP contribution is 2.47. The number of fused-ring (bicyclic) bond motifs is 7. The predicted molar refractivity (Wildman–Crippen MR) is 225 cm³/mol. The van der Waals surface area contributed by atoms with Gasteiger partial charge in [0.2, 0.25) is 0 Å². The van der Waals surface area contributed by atoms with Gasteiger partial charge in [0, 0.05) is 10.8 Å². The molecule has 0 unspecified atom stereocenters. The Kier molecular flexibility index (Phi) is 6.62. The topological polar surface area (TPSA) is 13.1 Å². The van der Waals surface area contributed by atoms with Crippen LogP contribution in [0.4, 0.5) is 0 Å². The molecule has 1 nitrogen and oxygen atoms in total. The van der Waals surface area contributed by atoms with Crippen LogP contribution in [0.15, 0.2) is 199 Å². The van der Waals surface area contributed by atoms with Gasteiger partial charge in [0.15, 0.2) is 0 Å². The highest BCUT2D eigenvalue weighted by Gasteiger charge is 2.19. The van der Waals surface area contributed by atoms with Gasteiger partial charge in [-0.15, -0.1) is 0 Å². The van der Waals surface area contributed by atoms with Crippen LogP contribution in [0.5, 0.6) is 0 Å². The van der Waals surface area contributed by atoms with Crippen LogP contribution < -0.4 is 0 Å². The summed E-state index contributed by atoms with van der Waals surface area (Å²) in [5, 5.41) is 12.2. The molecule has 11 aromatic rings. The maximum absolute atomic E-state index is 6.28. The van der Waals surface area contributed by atoms with E-state index in [-0.39, 0.29) is 0 Å². The largest absolute Gasteiger partial charge is 0.456 e. The smallest absolute Gasteiger partial charge is 0.135 e. The first-order valence-corrected chi connectivity index (χ1v) is 18.2. The number of hydrogen-bond donors (Lipinski definition) is 0. The molecule has 53 heavy (non-hydrogen) atoms. The van der Waals surface area contributed by atoms with Crippen molar-refractivity contribution in [2.24, 2.45) is 0 Å². The van der Waals surface area contributed by atoms with Gasteiger partial charge in [0.25, 0.3) is 0 Å². The van der Waals surface area contributed by atoms with Crippen LogP contribution in [0.3, 0.4) is 0 Å². The molecule has 10 aromatic carbocycles. The van der Waals surface area contributed by atoms with Crippen molar-refractivity contribution in [3.8, 4) is 44.5 Å². The normalized spacial score (nSPS) is 11.8. The van der Waals surface area contributed by atoms with Gasteiger partial charge in [-0.25, -0.2) is 0 Å². The molecular formula is C52H32O. The minimum absolute atomic E-state index is 0.905. The summed E-state index contributed by atoms with van der Waals surface area (Å²) >= 11 is 0. The number of furan rings is 1. The predicted octanol–water partition coefficient (Wildman–Crippen LogP) is 14.9. The minimum atomic E-state index is 0.905. The average molecular weight is 673 g/mol. The van der Waals surface area contributed by atoms with E-state index < -0.39 is 0 Å². The van der Waals surface area contributed by atoms with E-state index in [9.17, 15) is 0 Å². The molecule has 0 saturated heterocycles. The molecule has 0 atom stereocenters. The van der Waals surface area contributed by atoms with Crippen LogP contribution in [0.1, 0.15) is 0 Å². The van der Waals surface area contributed by atoms with E-state index in [2.05, 4.69) is 188 Å². The summed E-state index contributed by atoms with van der Waals surface area (Å²) in [6.07, 6.45) is 0. The van der Waals surface area contributed by atoms with Crippen LogP contribution in [-0.4, -0.2) is 0 Å². The van der Waals surface area contributed by atoms with E-state index in [1.54, 1.807) is 0 Å². The molecule has 0 N–H and O–H groups in total. The van der Waals surface area contributed by atoms with E-state index in [1.165, 1.54) is 87.6 Å². The molecular weight excluding hydrogens is 641 g/mol. The number of hydrogen-bond acceptors (Lipinski definition) is 1. The molecule has 0 bridgehead atoms. The number of rotatable bonds is 4. The van der Waals surface area contributed by atoms with Gasteiger partial charge in [-0.05, 0) is 124 Å². The maximum Gasteiger partial charge on any atom is 0.135 e. The van der Waals surface area contributed by atoms with Crippen molar-refractivity contribution in [2.75, 3.05) is 0 Å². The lowest BCUT2D eigenvalue weighted by molar-refractivity contribution is 0.669. The Morgan fingerprint density at radius 1 is 0.245 bits per heavy atom. The zero-order valence-corrected chi connectivity index (χ0v) is 28.9. The second-order valence-corrected chi connectivity index (χ2v) is 14.0. The molecule has 1 heterocycles. The van der Waals surface area contributed by atoms with Crippen molar-refractivity contribution in [1.29, 1.82) is 0 Å². The molecule has 0 spiro atoms. The summed E-state index contributed by atoms with van der Waals surface area (Å²) in [4.78, 5) is 0. The highest BCUT2D eigenvalue weighted by molar-refractivity contribution is 6.23. The average Bonchev–Trinajstić information content (AvgIpc) is 3.60. The highest BCUT2D eigenvalue weighted by atomic mass is 16.3. The van der Waals surface area contributed by atoms with E-state index in [1.807, 2.05) is 6.07 Å². The summed E-state index contributed by atoms with van der Waals surface area (Å²) in [5.41, 5.74) is 11.6. The molecule has 0 aliphatic carbocycles. The Bertz CT molecular complexity index is 3230. The monoisotopic (exact) mass is 672 g/mol. The van der Waals surface area contributed by atoms with Gasteiger partial charge in [0.1, 0.15) is 11.2 Å². The third kappa shape index (κ3) is 4.79. The van der Waals surface area contributed by atoms with Crippen molar-refractivity contribution in [3.05, 3.63) is 194 Å². The van der Waals surface area contributed by atoms with Crippen molar-refractivity contribution in [1.82, 2.24) is 0 Å². The lowest BCUT2D eigenvalue weighted by atomic mass is 9.84. The van der Waals surface area contributed by atoms with Crippen molar-refractivity contribution >= 4 is 65.0 Å². The van der Waals surface area contributed by atoms with Crippen molar-refractivity contribution in [2.45, 2.75) is 0 Å². The third-order valence-corrected chi connectivity index (χ3v) is 11.0. The summed E-state index contributed by atoms with van der Waals surface area (Å²) in [6, 6.07) is 70.8. The molecule has 0 amide bonds. The Morgan fingerprint density at radius 2 is 0.792 bits per heavy atom. The lowest BCUT2D eigenvalue weighted by Crippen LogP contribution is -1.92. The van der Waals surface area contributed by atoms with Crippen LogP contribution in [0.25, 0.3) is 110 Å². The Balaban J connectivity index is 1.21. The molecule has 11 rings (SSSR count). The van der Waals surface area contributed by atoms with E-state index >= 15 is 0 Å². The first-order chi connectivity index (χ1) is 26.3. The zero-order chi connectivity index (χ0) is 34.9. The van der Waals surface area contributed by atoms with Gasteiger partial charge < -0.3 is 4.42 Å². The van der Waals surface area contributed by atoms with Crippen molar-refractivity contribution in [3.63, 3.8) is 0 Å². The molecule has 0 fully saturated rings. The Labute approximate surface area is 307 Å². The lowest BCUT2D eigenvalue weighted by Gasteiger charge is -2.19. The fourth-order valence-corrected chi connectivity index (χ4v) is 8.55. The summed E-state index contributed by atoms with van der Waals surface area (Å²) < 4.78 is 6.28. The first-order valence-electron chi connectivity index (χ1n) is 18.2. The second kappa shape index (κ2) is 11.8. The summed E-state index contributed by atoms with van der Waals surface area (Å²) in [7, 11) is 0. The fourth-order valence-electron chi connectivity index (χ4n) is 8.55. The van der Waals surface area contributed by atoms with Gasteiger partial charge in [-0.2, -0.15) is 0 Å². The van der Waals surface area contributed by atoms with Crippen LogP contribution in [0.2, 0.25) is 0 Å². The van der Waals surface area contributed by atoms with Gasteiger partial charge in [0.05, 0.1) is 0 Å². The Hall–Kier alpha value is -6.96. The maximum atomic E-state index is 6.28. The second-order valence-electron chi connectivity index (χ2n) is 14.0. The van der Waals surface area contributed by atoms with Crippen molar-refractivity contribution < 1.29 is 4.42 Å². The molecule has 0 aliphatic rings. The third-order valence-electron chi connectivity index (χ3n) is 11.0. The van der Waals surface area contributed by atoms with Gasteiger partial charge >= 0.3 is 0 Å². The van der Waals surface area contributed by atoms with Crippen LogP contribution >= 0.6 is 0 Å². The molecule has 246 valence electrons. The summed E-state index contributed by atoms with van der Waals surface area (Å²) in [6.45, 7) is 0. The molecule has 1 heteroatoms. The van der Waals surface area contributed by atoms with Gasteiger partial charge in [-0.3, -0.25) is 0 Å². The molecule has 0 aliphatic heterocycles. The fraction of sp³-hybridized carbons (Fsp3) is 0. The van der Waals surface area contributed by atoms with E-state index in [0.29, 0.717) is 0 Å². The van der Waals surface area contributed by atoms with Gasteiger partial charge in [-0.1, -0.05) is 158 Å². The van der Waals surface area contributed by atoms with Crippen LogP contribution in [0, 0.1) is 0 Å². The quantitative estimate of drug-likeness (QED) is 0.170. The van der Waals surface area contributed by atoms with Crippen LogP contribution in [-0.2, 0) is 0 Å². The molecule has 0 radical (unpaired) electrons. The van der Waals surface area contributed by atoms with E-state index in [4.69, 9.17) is 4.42 Å². The summed E-state index contributed by atoms with van der Waals surface area (Å²) in [5.74, 6) is 0. The first kappa shape index (κ1) is 29.7. The SMILES string of the molecule is c1cc(-c2ccc3ccccc3c2)cc(-c2c3ccccc3c(-c3ccc4oc5ccccc5c4c3)c3cc(-c4cccc5ccccc45)ccc23)c1. The number of para-hydroxylation sites is 1. The Morgan fingerprint density at radius 3 is 1.66 bits per heavy atom. The number of benzene rings is 10. The zero-order valence-electron chi connectivity index (χ0n) is 28.9. The molecule has 1 aromatic heterocycles. The standard InChI is InChI=1S/C52H32O/c1-2-13-35-29-37(24-23-33(35)11-1)36-15-9-16-39(30-36)51-44-19-5-6-20-45(44)52(40-26-28-50-47(32-40)43-18-7-8-22-49(43)53-50)48-31-38(25-27-46(48)51)42-21-10-14-34-12-3-4-17-41(34)42/h1-32H. The molecule has 0 saturated carbocycles.